The predicted molar refractivity (Wildman–Crippen MR) is 82.1 cm³/mol. The van der Waals surface area contributed by atoms with E-state index in [1.807, 2.05) is 0 Å². The molecule has 0 radical (unpaired) electrons. The molecule has 6 nitrogen and oxygen atoms in total. The van der Waals surface area contributed by atoms with Crippen LogP contribution in [-0.2, 0) is 14.3 Å². The van der Waals surface area contributed by atoms with E-state index >= 15 is 0 Å². The molecule has 3 N–H and O–H groups in total. The molecule has 1 aromatic carbocycles. The summed E-state index contributed by atoms with van der Waals surface area (Å²) < 4.78 is 4.79. The number of nitrogens with one attached hydrogen (secondary N) is 1. The van der Waals surface area contributed by atoms with Gasteiger partial charge in [-0.2, -0.15) is 0 Å². The monoisotopic (exact) mass is 310 g/mol. The van der Waals surface area contributed by atoms with Crippen LogP contribution in [0.4, 0.5) is 5.69 Å². The van der Waals surface area contributed by atoms with Crippen LogP contribution in [0.3, 0.4) is 0 Å². The molecule has 0 saturated carbocycles. The highest BCUT2D eigenvalue weighted by molar-refractivity contribution is 8.01. The molecule has 0 saturated heterocycles. The number of thioether (sulfide) groups is 1. The lowest BCUT2D eigenvalue weighted by Crippen LogP contribution is -2.24. The third-order valence-electron chi connectivity index (χ3n) is 2.56. The number of carbonyl (C=O) groups excluding carboxylic acids is 3. The molecule has 0 heterocycles. The second kappa shape index (κ2) is 8.31. The van der Waals surface area contributed by atoms with Gasteiger partial charge in [0.1, 0.15) is 0 Å². The van der Waals surface area contributed by atoms with Crippen LogP contribution in [0.2, 0.25) is 0 Å². The molecule has 21 heavy (non-hydrogen) atoms. The molecule has 2 amide bonds. The summed E-state index contributed by atoms with van der Waals surface area (Å²) in [6.07, 6.45) is 0. The molecule has 0 aliphatic carbocycles. The molecule has 1 aromatic rings. The van der Waals surface area contributed by atoms with Crippen LogP contribution in [0.25, 0.3) is 0 Å². The van der Waals surface area contributed by atoms with Crippen LogP contribution >= 0.6 is 11.8 Å². The summed E-state index contributed by atoms with van der Waals surface area (Å²) in [6.45, 7) is 3.76. The molecule has 1 atom stereocenters. The lowest BCUT2D eigenvalue weighted by Gasteiger charge is -2.11. The maximum Gasteiger partial charge on any atom is 0.315 e. The highest BCUT2D eigenvalue weighted by atomic mass is 32.2. The van der Waals surface area contributed by atoms with E-state index in [9.17, 15) is 14.4 Å². The van der Waals surface area contributed by atoms with Crippen molar-refractivity contribution in [2.45, 2.75) is 19.1 Å². The number of amides is 2. The third-order valence-corrected chi connectivity index (χ3v) is 3.68. The molecule has 1 rings (SSSR count). The quantitative estimate of drug-likeness (QED) is 0.742. The van der Waals surface area contributed by atoms with Gasteiger partial charge in [-0.3, -0.25) is 14.4 Å². The van der Waals surface area contributed by atoms with Crippen LogP contribution in [0.1, 0.15) is 24.2 Å². The summed E-state index contributed by atoms with van der Waals surface area (Å²) in [6, 6.07) is 6.27. The first-order chi connectivity index (χ1) is 9.93. The standard InChI is InChI=1S/C14H18N2O4S/c1-3-20-12(17)8-21-9(2)14(19)16-11-6-4-10(5-7-11)13(15)18/h4-7,9H,3,8H2,1-2H3,(H2,15,18)(H,16,19)/t9-/m0/s1. The first-order valence-electron chi connectivity index (χ1n) is 6.42. The molecular formula is C14H18N2O4S. The van der Waals surface area contributed by atoms with Gasteiger partial charge in [0.25, 0.3) is 0 Å². The minimum absolute atomic E-state index is 0.128. The van der Waals surface area contributed by atoms with Gasteiger partial charge in [0, 0.05) is 11.3 Å². The van der Waals surface area contributed by atoms with Crippen molar-refractivity contribution >= 4 is 35.2 Å². The zero-order chi connectivity index (χ0) is 15.8. The molecule has 0 unspecified atom stereocenters. The number of hydrogen-bond donors (Lipinski definition) is 2. The number of hydrogen-bond acceptors (Lipinski definition) is 5. The molecule has 0 aliphatic heterocycles. The molecule has 114 valence electrons. The smallest absolute Gasteiger partial charge is 0.315 e. The highest BCUT2D eigenvalue weighted by Crippen LogP contribution is 2.15. The minimum atomic E-state index is -0.522. The van der Waals surface area contributed by atoms with Crippen molar-refractivity contribution in [2.75, 3.05) is 17.7 Å². The predicted octanol–water partition coefficient (Wildman–Crippen LogP) is 1.41. The first-order valence-corrected chi connectivity index (χ1v) is 7.47. The van der Waals surface area contributed by atoms with Crippen molar-refractivity contribution in [2.24, 2.45) is 5.73 Å². The SMILES string of the molecule is CCOC(=O)CS[C@@H](C)C(=O)Nc1ccc(C(N)=O)cc1. The van der Waals surface area contributed by atoms with Gasteiger partial charge in [0.15, 0.2) is 0 Å². The average molecular weight is 310 g/mol. The van der Waals surface area contributed by atoms with Gasteiger partial charge >= 0.3 is 5.97 Å². The Morgan fingerprint density at radius 1 is 1.29 bits per heavy atom. The zero-order valence-electron chi connectivity index (χ0n) is 11.9. The van der Waals surface area contributed by atoms with Gasteiger partial charge < -0.3 is 15.8 Å². The second-order valence-corrected chi connectivity index (χ2v) is 5.52. The number of anilines is 1. The molecule has 0 aromatic heterocycles. The fraction of sp³-hybridized carbons (Fsp3) is 0.357. The van der Waals surface area contributed by atoms with Crippen LogP contribution in [-0.4, -0.2) is 35.4 Å². The van der Waals surface area contributed by atoms with E-state index in [4.69, 9.17) is 10.5 Å². The summed E-state index contributed by atoms with van der Waals surface area (Å²) in [7, 11) is 0. The fourth-order valence-electron chi connectivity index (χ4n) is 1.43. The van der Waals surface area contributed by atoms with Crippen molar-refractivity contribution in [3.8, 4) is 0 Å². The van der Waals surface area contributed by atoms with Crippen molar-refractivity contribution in [3.63, 3.8) is 0 Å². The van der Waals surface area contributed by atoms with Crippen molar-refractivity contribution in [1.82, 2.24) is 0 Å². The van der Waals surface area contributed by atoms with Crippen LogP contribution < -0.4 is 11.1 Å². The summed E-state index contributed by atoms with van der Waals surface area (Å²) in [5.74, 6) is -0.960. The number of nitrogens with two attached hydrogens (primary N) is 1. The topological polar surface area (TPSA) is 98.5 Å². The fourth-order valence-corrected chi connectivity index (χ4v) is 2.11. The Kier molecular flexibility index (Phi) is 6.74. The number of primary amides is 1. The lowest BCUT2D eigenvalue weighted by atomic mass is 10.2. The number of rotatable bonds is 7. The van der Waals surface area contributed by atoms with Crippen molar-refractivity contribution in [1.29, 1.82) is 0 Å². The number of ether oxygens (including phenoxy) is 1. The minimum Gasteiger partial charge on any atom is -0.465 e. The summed E-state index contributed by atoms with van der Waals surface area (Å²) in [5.41, 5.74) is 6.07. The van der Waals surface area contributed by atoms with E-state index in [0.29, 0.717) is 17.9 Å². The summed E-state index contributed by atoms with van der Waals surface area (Å²) in [5, 5.41) is 2.30. The maximum absolute atomic E-state index is 11.9. The number of benzene rings is 1. The normalized spacial score (nSPS) is 11.5. The van der Waals surface area contributed by atoms with Gasteiger partial charge in [0.05, 0.1) is 17.6 Å². The lowest BCUT2D eigenvalue weighted by molar-refractivity contribution is -0.139. The van der Waals surface area contributed by atoms with Crippen LogP contribution in [0, 0.1) is 0 Å². The van der Waals surface area contributed by atoms with E-state index < -0.39 is 11.2 Å². The molecule has 0 bridgehead atoms. The van der Waals surface area contributed by atoms with E-state index in [1.165, 1.54) is 23.9 Å². The van der Waals surface area contributed by atoms with Crippen LogP contribution in [0.5, 0.6) is 0 Å². The van der Waals surface area contributed by atoms with E-state index in [1.54, 1.807) is 26.0 Å². The molecule has 7 heteroatoms. The largest absolute Gasteiger partial charge is 0.465 e. The highest BCUT2D eigenvalue weighted by Gasteiger charge is 2.15. The Hall–Kier alpha value is -2.02. The Labute approximate surface area is 127 Å². The van der Waals surface area contributed by atoms with Gasteiger partial charge in [-0.25, -0.2) is 0 Å². The van der Waals surface area contributed by atoms with Gasteiger partial charge in [-0.05, 0) is 38.1 Å². The maximum atomic E-state index is 11.9. The Balaban J connectivity index is 2.48. The first kappa shape index (κ1) is 17.0. The average Bonchev–Trinajstić information content (AvgIpc) is 2.45. The molecule has 0 spiro atoms. The Morgan fingerprint density at radius 2 is 1.90 bits per heavy atom. The molecule has 0 fully saturated rings. The number of carbonyl (C=O) groups is 3. The van der Waals surface area contributed by atoms with Crippen LogP contribution in [0.15, 0.2) is 24.3 Å². The molecular weight excluding hydrogens is 292 g/mol. The van der Waals surface area contributed by atoms with E-state index in [0.717, 1.165) is 0 Å². The molecule has 0 aliphatic rings. The summed E-state index contributed by atoms with van der Waals surface area (Å²) in [4.78, 5) is 34.1. The van der Waals surface area contributed by atoms with Gasteiger partial charge in [-0.1, -0.05) is 0 Å². The van der Waals surface area contributed by atoms with Crippen molar-refractivity contribution in [3.05, 3.63) is 29.8 Å². The van der Waals surface area contributed by atoms with Crippen molar-refractivity contribution < 1.29 is 19.1 Å². The third kappa shape index (κ3) is 5.86. The van der Waals surface area contributed by atoms with E-state index in [-0.39, 0.29) is 17.6 Å². The van der Waals surface area contributed by atoms with E-state index in [2.05, 4.69) is 5.32 Å². The second-order valence-electron chi connectivity index (χ2n) is 4.19. The Morgan fingerprint density at radius 3 is 2.43 bits per heavy atom. The Bertz CT molecular complexity index is 516. The number of esters is 1. The van der Waals surface area contributed by atoms with Gasteiger partial charge in [0.2, 0.25) is 11.8 Å². The zero-order valence-corrected chi connectivity index (χ0v) is 12.7. The summed E-state index contributed by atoms with van der Waals surface area (Å²) >= 11 is 1.20. The van der Waals surface area contributed by atoms with Gasteiger partial charge in [-0.15, -0.1) is 11.8 Å².